The lowest BCUT2D eigenvalue weighted by molar-refractivity contribution is 0.315. The number of aromatic nitrogens is 2. The van der Waals surface area contributed by atoms with Gasteiger partial charge in [0, 0.05) is 5.56 Å². The quantitative estimate of drug-likeness (QED) is 0.473. The van der Waals surface area contributed by atoms with Gasteiger partial charge in [-0.2, -0.15) is 10.4 Å². The molecule has 2 N–H and O–H groups in total. The number of nitrogens with zero attached hydrogens (tertiary/aromatic N) is 3. The molecule has 0 saturated heterocycles. The highest BCUT2D eigenvalue weighted by atomic mass is 16.5. The zero-order valence-corrected chi connectivity index (χ0v) is 16.3. The first-order valence-electron chi connectivity index (χ1n) is 9.24. The number of aryl methyl sites for hydroxylation is 1. The van der Waals surface area contributed by atoms with Crippen LogP contribution in [0.5, 0.6) is 5.75 Å². The number of hydrazone groups is 1. The van der Waals surface area contributed by atoms with Crippen LogP contribution in [0.1, 0.15) is 30.0 Å². The molecule has 0 saturated carbocycles. The summed E-state index contributed by atoms with van der Waals surface area (Å²) in [4.78, 5) is 19.1. The summed E-state index contributed by atoms with van der Waals surface area (Å²) in [6.07, 6.45) is 2.54. The van der Waals surface area contributed by atoms with Crippen LogP contribution in [0.2, 0.25) is 0 Å². The minimum atomic E-state index is -0.523. The Bertz CT molecular complexity index is 1110. The average molecular weight is 387 g/mol. The Morgan fingerprint density at radius 1 is 1.28 bits per heavy atom. The predicted octanol–water partition coefficient (Wildman–Crippen LogP) is 3.85. The molecule has 0 fully saturated rings. The number of ether oxygens (including phenoxy) is 1. The molecule has 3 rings (SSSR count). The molecular weight excluding hydrogens is 366 g/mol. The molecule has 0 spiro atoms. The van der Waals surface area contributed by atoms with Crippen molar-refractivity contribution in [3.8, 4) is 23.1 Å². The maximum atomic E-state index is 12.3. The Hall–Kier alpha value is -3.92. The van der Waals surface area contributed by atoms with Crippen molar-refractivity contribution in [2.24, 2.45) is 5.10 Å². The number of benzene rings is 2. The van der Waals surface area contributed by atoms with Crippen molar-refractivity contribution >= 4 is 12.2 Å². The van der Waals surface area contributed by atoms with Crippen molar-refractivity contribution in [3.05, 3.63) is 75.6 Å². The highest BCUT2D eigenvalue weighted by Crippen LogP contribution is 2.20. The maximum absolute atomic E-state index is 12.3. The molecular formula is C22H21N5O2. The lowest BCUT2D eigenvalue weighted by atomic mass is 10.1. The monoisotopic (exact) mass is 387 g/mol. The highest BCUT2D eigenvalue weighted by Gasteiger charge is 2.12. The second-order valence-corrected chi connectivity index (χ2v) is 6.36. The third kappa shape index (κ3) is 4.87. The minimum absolute atomic E-state index is 0.0398. The first-order valence-corrected chi connectivity index (χ1v) is 9.24. The van der Waals surface area contributed by atoms with Crippen molar-refractivity contribution < 1.29 is 4.74 Å². The predicted molar refractivity (Wildman–Crippen MR) is 113 cm³/mol. The van der Waals surface area contributed by atoms with Crippen molar-refractivity contribution in [2.75, 3.05) is 12.0 Å². The van der Waals surface area contributed by atoms with Crippen molar-refractivity contribution in [3.63, 3.8) is 0 Å². The molecule has 0 aliphatic rings. The summed E-state index contributed by atoms with van der Waals surface area (Å²) in [5.41, 5.74) is 5.04. The van der Waals surface area contributed by atoms with Crippen LogP contribution in [0, 0.1) is 18.3 Å². The molecule has 0 atom stereocenters. The molecule has 2 aromatic carbocycles. The van der Waals surface area contributed by atoms with E-state index in [0.29, 0.717) is 17.9 Å². The lowest BCUT2D eigenvalue weighted by Crippen LogP contribution is -2.16. The van der Waals surface area contributed by atoms with Gasteiger partial charge in [-0.25, -0.2) is 10.4 Å². The van der Waals surface area contributed by atoms with Crippen molar-refractivity contribution in [1.82, 2.24) is 9.97 Å². The summed E-state index contributed by atoms with van der Waals surface area (Å²) in [7, 11) is 0. The van der Waals surface area contributed by atoms with Gasteiger partial charge in [0.1, 0.15) is 17.4 Å². The fraction of sp³-hybridized carbons (Fsp3) is 0.182. The lowest BCUT2D eigenvalue weighted by Gasteiger charge is -2.08. The topological polar surface area (TPSA) is 103 Å². The molecule has 0 bridgehead atoms. The van der Waals surface area contributed by atoms with Gasteiger partial charge in [0.25, 0.3) is 5.56 Å². The summed E-state index contributed by atoms with van der Waals surface area (Å²) in [5.74, 6) is 0.964. The molecule has 0 unspecified atom stereocenters. The second kappa shape index (κ2) is 9.33. The normalized spacial score (nSPS) is 10.7. The van der Waals surface area contributed by atoms with E-state index < -0.39 is 5.56 Å². The number of H-pyrrole nitrogens is 1. The Morgan fingerprint density at radius 2 is 2.07 bits per heavy atom. The fourth-order valence-electron chi connectivity index (χ4n) is 2.67. The first-order chi connectivity index (χ1) is 14.1. The first kappa shape index (κ1) is 19.8. The number of hydrogen-bond donors (Lipinski definition) is 2. The van der Waals surface area contributed by atoms with Crippen LogP contribution in [-0.4, -0.2) is 22.8 Å². The Morgan fingerprint density at radius 3 is 2.79 bits per heavy atom. The number of nitrogens with one attached hydrogen (secondary N) is 2. The number of hydrogen-bond acceptors (Lipinski definition) is 6. The largest absolute Gasteiger partial charge is 0.493 e. The van der Waals surface area contributed by atoms with Gasteiger partial charge >= 0.3 is 0 Å². The number of anilines is 1. The van der Waals surface area contributed by atoms with Crippen LogP contribution >= 0.6 is 0 Å². The molecule has 1 heterocycles. The van der Waals surface area contributed by atoms with E-state index >= 15 is 0 Å². The van der Waals surface area contributed by atoms with E-state index in [1.54, 1.807) is 18.3 Å². The van der Waals surface area contributed by atoms with Crippen LogP contribution in [0.25, 0.3) is 11.3 Å². The van der Waals surface area contributed by atoms with E-state index in [9.17, 15) is 10.1 Å². The highest BCUT2D eigenvalue weighted by molar-refractivity contribution is 5.81. The van der Waals surface area contributed by atoms with Gasteiger partial charge in [0.2, 0.25) is 5.95 Å². The van der Waals surface area contributed by atoms with Crippen LogP contribution in [0.4, 0.5) is 5.95 Å². The number of aromatic amines is 1. The van der Waals surface area contributed by atoms with Gasteiger partial charge in [0.15, 0.2) is 0 Å². The van der Waals surface area contributed by atoms with Gasteiger partial charge in [-0.05, 0) is 30.5 Å². The SMILES string of the molecule is CCCOc1cc(C=NNc2nc(-c3ccccc3)c(C#N)c(=O)[nH]2)ccc1C. The molecule has 1 aromatic heterocycles. The molecule has 0 aliphatic carbocycles. The third-order valence-electron chi connectivity index (χ3n) is 4.14. The molecule has 146 valence electrons. The fourth-order valence-corrected chi connectivity index (χ4v) is 2.67. The van der Waals surface area contributed by atoms with E-state index in [2.05, 4.69) is 27.4 Å². The van der Waals surface area contributed by atoms with E-state index in [1.807, 2.05) is 49.4 Å². The maximum Gasteiger partial charge on any atom is 0.270 e. The van der Waals surface area contributed by atoms with Gasteiger partial charge in [-0.3, -0.25) is 9.78 Å². The van der Waals surface area contributed by atoms with Gasteiger partial charge < -0.3 is 4.74 Å². The van der Waals surface area contributed by atoms with Gasteiger partial charge in [0.05, 0.1) is 18.5 Å². The Kier molecular flexibility index (Phi) is 6.38. The molecule has 7 nitrogen and oxygen atoms in total. The summed E-state index contributed by atoms with van der Waals surface area (Å²) in [6.45, 7) is 4.69. The van der Waals surface area contributed by atoms with E-state index in [1.165, 1.54) is 0 Å². The summed E-state index contributed by atoms with van der Waals surface area (Å²) < 4.78 is 5.72. The number of rotatable bonds is 7. The summed E-state index contributed by atoms with van der Waals surface area (Å²) in [6, 6.07) is 16.8. The zero-order valence-electron chi connectivity index (χ0n) is 16.3. The molecule has 0 radical (unpaired) electrons. The zero-order chi connectivity index (χ0) is 20.6. The molecule has 3 aromatic rings. The van der Waals surface area contributed by atoms with Crippen LogP contribution in [0.15, 0.2) is 58.4 Å². The van der Waals surface area contributed by atoms with Crippen LogP contribution in [0.3, 0.4) is 0 Å². The standard InChI is InChI=1S/C22H21N5O2/c1-3-11-29-19-12-16(10-9-15(19)2)14-24-27-22-25-20(17-7-5-4-6-8-17)18(13-23)21(28)26-22/h4-10,12,14H,3,11H2,1-2H3,(H2,25,26,27,28). The average Bonchev–Trinajstić information content (AvgIpc) is 2.74. The van der Waals surface area contributed by atoms with Gasteiger partial charge in [-0.15, -0.1) is 0 Å². The van der Waals surface area contributed by atoms with Gasteiger partial charge in [-0.1, -0.05) is 49.4 Å². The molecule has 29 heavy (non-hydrogen) atoms. The number of nitriles is 1. The third-order valence-corrected chi connectivity index (χ3v) is 4.14. The smallest absolute Gasteiger partial charge is 0.270 e. The van der Waals surface area contributed by atoms with E-state index in [4.69, 9.17) is 4.74 Å². The molecule has 0 amide bonds. The molecule has 7 heteroatoms. The molecule has 0 aliphatic heterocycles. The second-order valence-electron chi connectivity index (χ2n) is 6.36. The van der Waals surface area contributed by atoms with E-state index in [-0.39, 0.29) is 11.5 Å². The van der Waals surface area contributed by atoms with Crippen molar-refractivity contribution in [1.29, 1.82) is 5.26 Å². The minimum Gasteiger partial charge on any atom is -0.493 e. The van der Waals surface area contributed by atoms with E-state index in [0.717, 1.165) is 23.3 Å². The summed E-state index contributed by atoms with van der Waals surface area (Å²) >= 11 is 0. The Labute approximate surface area is 168 Å². The van der Waals surface area contributed by atoms with Crippen molar-refractivity contribution in [2.45, 2.75) is 20.3 Å². The summed E-state index contributed by atoms with van der Waals surface area (Å²) in [5, 5.41) is 13.5. The van der Waals surface area contributed by atoms with Crippen LogP contribution in [-0.2, 0) is 0 Å². The Balaban J connectivity index is 1.84. The van der Waals surface area contributed by atoms with Crippen LogP contribution < -0.4 is 15.7 Å².